The van der Waals surface area contributed by atoms with Crippen molar-refractivity contribution in [1.82, 2.24) is 14.5 Å². The van der Waals surface area contributed by atoms with Crippen LogP contribution in [-0.4, -0.2) is 32.4 Å². The molecule has 1 aromatic carbocycles. The van der Waals surface area contributed by atoms with Crippen LogP contribution in [-0.2, 0) is 11.3 Å². The minimum atomic E-state index is -0.0205. The van der Waals surface area contributed by atoms with Crippen LogP contribution in [0.3, 0.4) is 0 Å². The number of carbonyl (C=O) groups is 1. The molecule has 2 saturated carbocycles. The van der Waals surface area contributed by atoms with Crippen LogP contribution in [0, 0.1) is 0 Å². The number of benzene rings is 1. The molecule has 0 unspecified atom stereocenters. The Morgan fingerprint density at radius 1 is 1.12 bits per heavy atom. The van der Waals surface area contributed by atoms with Gasteiger partial charge in [0.05, 0.1) is 17.2 Å². The third kappa shape index (κ3) is 3.46. The maximum absolute atomic E-state index is 12.7. The van der Waals surface area contributed by atoms with Crippen LogP contribution in [0.1, 0.15) is 51.4 Å². The summed E-state index contributed by atoms with van der Waals surface area (Å²) in [6, 6.07) is 8.34. The van der Waals surface area contributed by atoms with Crippen LogP contribution in [0.15, 0.2) is 35.4 Å². The van der Waals surface area contributed by atoms with Crippen molar-refractivity contribution < 1.29 is 4.79 Å². The van der Waals surface area contributed by atoms with Crippen LogP contribution >= 0.6 is 0 Å². The summed E-state index contributed by atoms with van der Waals surface area (Å²) in [6.07, 6.45) is 9.96. The third-order valence-electron chi connectivity index (χ3n) is 5.47. The lowest BCUT2D eigenvalue weighted by atomic mass is 10.1. The molecule has 132 valence electrons. The lowest BCUT2D eigenvalue weighted by Crippen LogP contribution is -2.40. The summed E-state index contributed by atoms with van der Waals surface area (Å²) < 4.78 is 1.63. The molecule has 0 N–H and O–H groups in total. The molecule has 2 fully saturated rings. The molecule has 25 heavy (non-hydrogen) atoms. The first-order chi connectivity index (χ1) is 12.2. The lowest BCUT2D eigenvalue weighted by molar-refractivity contribution is -0.134. The minimum absolute atomic E-state index is 0.0205. The van der Waals surface area contributed by atoms with Crippen molar-refractivity contribution in [2.75, 3.05) is 0 Å². The van der Waals surface area contributed by atoms with Crippen LogP contribution in [0.4, 0.5) is 0 Å². The van der Waals surface area contributed by atoms with Crippen molar-refractivity contribution in [1.29, 1.82) is 0 Å². The predicted octanol–water partition coefficient (Wildman–Crippen LogP) is 3.11. The van der Waals surface area contributed by atoms with Crippen molar-refractivity contribution in [2.45, 2.75) is 70.0 Å². The second-order valence-electron chi connectivity index (χ2n) is 7.33. The van der Waals surface area contributed by atoms with Gasteiger partial charge in [-0.05, 0) is 44.2 Å². The zero-order chi connectivity index (χ0) is 17.2. The lowest BCUT2D eigenvalue weighted by Gasteiger charge is -2.29. The van der Waals surface area contributed by atoms with Gasteiger partial charge < -0.3 is 4.90 Å². The smallest absolute Gasteiger partial charge is 0.261 e. The van der Waals surface area contributed by atoms with Crippen molar-refractivity contribution >= 4 is 16.8 Å². The van der Waals surface area contributed by atoms with E-state index in [0.29, 0.717) is 36.9 Å². The van der Waals surface area contributed by atoms with E-state index in [2.05, 4.69) is 9.88 Å². The van der Waals surface area contributed by atoms with Crippen LogP contribution in [0.2, 0.25) is 0 Å². The summed E-state index contributed by atoms with van der Waals surface area (Å²) in [5, 5.41) is 0.641. The first-order valence-corrected chi connectivity index (χ1v) is 9.49. The molecule has 2 aromatic rings. The van der Waals surface area contributed by atoms with Crippen LogP contribution in [0.5, 0.6) is 0 Å². The van der Waals surface area contributed by atoms with Crippen molar-refractivity contribution in [3.63, 3.8) is 0 Å². The molecule has 1 amide bonds. The molecule has 0 atom stereocenters. The van der Waals surface area contributed by atoms with Gasteiger partial charge in [-0.3, -0.25) is 14.2 Å². The van der Waals surface area contributed by atoms with Gasteiger partial charge in [0, 0.05) is 25.0 Å². The fourth-order valence-corrected chi connectivity index (χ4v) is 4.04. The minimum Gasteiger partial charge on any atom is -0.337 e. The Morgan fingerprint density at radius 3 is 2.60 bits per heavy atom. The second kappa shape index (κ2) is 6.98. The molecule has 0 bridgehead atoms. The van der Waals surface area contributed by atoms with Gasteiger partial charge in [0.15, 0.2) is 0 Å². The zero-order valence-corrected chi connectivity index (χ0v) is 14.6. The van der Waals surface area contributed by atoms with Crippen LogP contribution < -0.4 is 5.56 Å². The number of rotatable bonds is 6. The van der Waals surface area contributed by atoms with Crippen molar-refractivity contribution in [3.05, 3.63) is 40.9 Å². The number of fused-ring (bicyclic) bond motifs is 1. The fraction of sp³-hybridized carbons (Fsp3) is 0.550. The van der Waals surface area contributed by atoms with E-state index in [1.54, 1.807) is 17.0 Å². The maximum atomic E-state index is 12.7. The average Bonchev–Trinajstić information content (AvgIpc) is 3.31. The van der Waals surface area contributed by atoms with E-state index in [9.17, 15) is 9.59 Å². The van der Waals surface area contributed by atoms with E-state index < -0.39 is 0 Å². The van der Waals surface area contributed by atoms with E-state index in [4.69, 9.17) is 0 Å². The quantitative estimate of drug-likeness (QED) is 0.812. The largest absolute Gasteiger partial charge is 0.337 e. The number of aryl methyl sites for hydroxylation is 1. The number of hydrogen-bond donors (Lipinski definition) is 0. The van der Waals surface area contributed by atoms with Crippen molar-refractivity contribution in [2.24, 2.45) is 0 Å². The first-order valence-electron chi connectivity index (χ1n) is 9.49. The summed E-state index contributed by atoms with van der Waals surface area (Å²) in [4.78, 5) is 31.7. The molecule has 5 nitrogen and oxygen atoms in total. The Morgan fingerprint density at radius 2 is 1.84 bits per heavy atom. The fourth-order valence-electron chi connectivity index (χ4n) is 4.04. The third-order valence-corrected chi connectivity index (χ3v) is 5.47. The summed E-state index contributed by atoms with van der Waals surface area (Å²) >= 11 is 0. The molecule has 1 heterocycles. The molecule has 2 aliphatic carbocycles. The monoisotopic (exact) mass is 339 g/mol. The van der Waals surface area contributed by atoms with Gasteiger partial charge in [-0.25, -0.2) is 4.98 Å². The molecule has 0 saturated heterocycles. The second-order valence-corrected chi connectivity index (χ2v) is 7.33. The molecule has 0 spiro atoms. The topological polar surface area (TPSA) is 55.2 Å². The SMILES string of the molecule is O=C(CCCn1cnc2ccccc2c1=O)N(C1CCCC1)C1CC1. The summed E-state index contributed by atoms with van der Waals surface area (Å²) in [7, 11) is 0. The highest BCUT2D eigenvalue weighted by Crippen LogP contribution is 2.35. The normalized spacial score (nSPS) is 17.9. The molecule has 5 heteroatoms. The summed E-state index contributed by atoms with van der Waals surface area (Å²) in [5.74, 6) is 0.274. The Bertz CT molecular complexity index is 819. The van der Waals surface area contributed by atoms with Gasteiger partial charge in [-0.1, -0.05) is 25.0 Å². The Balaban J connectivity index is 1.39. The first kappa shape index (κ1) is 16.3. The number of nitrogens with zero attached hydrogens (tertiary/aromatic N) is 3. The van der Waals surface area contributed by atoms with Gasteiger partial charge >= 0.3 is 0 Å². The number of amides is 1. The van der Waals surface area contributed by atoms with E-state index in [1.165, 1.54) is 12.8 Å². The molecule has 0 aliphatic heterocycles. The molecular formula is C20H25N3O2. The summed E-state index contributed by atoms with van der Waals surface area (Å²) in [5.41, 5.74) is 0.703. The van der Waals surface area contributed by atoms with Crippen molar-refractivity contribution in [3.8, 4) is 0 Å². The number of hydrogen-bond acceptors (Lipinski definition) is 3. The van der Waals surface area contributed by atoms with Gasteiger partial charge in [0.25, 0.3) is 5.56 Å². The Kier molecular flexibility index (Phi) is 4.55. The molecule has 4 rings (SSSR count). The van der Waals surface area contributed by atoms with Gasteiger partial charge in [-0.2, -0.15) is 0 Å². The van der Waals surface area contributed by atoms with Crippen LogP contribution in [0.25, 0.3) is 10.9 Å². The van der Waals surface area contributed by atoms with Gasteiger partial charge in [0.2, 0.25) is 5.91 Å². The van der Waals surface area contributed by atoms with Gasteiger partial charge in [0.1, 0.15) is 0 Å². The molecule has 1 aromatic heterocycles. The number of carbonyl (C=O) groups excluding carboxylic acids is 1. The standard InChI is InChI=1S/C20H25N3O2/c24-19(23(16-11-12-16)15-6-1-2-7-15)10-5-13-22-14-21-18-9-4-3-8-17(18)20(22)25/h3-4,8-9,14-16H,1-2,5-7,10-13H2. The Hall–Kier alpha value is -2.17. The maximum Gasteiger partial charge on any atom is 0.261 e. The number of para-hydroxylation sites is 1. The number of aromatic nitrogens is 2. The highest BCUT2D eigenvalue weighted by atomic mass is 16.2. The highest BCUT2D eigenvalue weighted by Gasteiger charge is 2.37. The molecule has 0 radical (unpaired) electrons. The highest BCUT2D eigenvalue weighted by molar-refractivity contribution is 5.77. The van der Waals surface area contributed by atoms with E-state index in [-0.39, 0.29) is 11.5 Å². The van der Waals surface area contributed by atoms with E-state index in [0.717, 1.165) is 31.2 Å². The van der Waals surface area contributed by atoms with E-state index in [1.807, 2.05) is 18.2 Å². The van der Waals surface area contributed by atoms with E-state index >= 15 is 0 Å². The summed E-state index contributed by atoms with van der Waals surface area (Å²) in [6.45, 7) is 0.547. The average molecular weight is 339 g/mol. The van der Waals surface area contributed by atoms with Gasteiger partial charge in [-0.15, -0.1) is 0 Å². The Labute approximate surface area is 147 Å². The predicted molar refractivity (Wildman–Crippen MR) is 97.4 cm³/mol. The molecular weight excluding hydrogens is 314 g/mol. The molecule has 2 aliphatic rings. The zero-order valence-electron chi connectivity index (χ0n) is 14.6.